The number of furan rings is 1. The summed E-state index contributed by atoms with van der Waals surface area (Å²) >= 11 is 1.65. The van der Waals surface area contributed by atoms with Crippen molar-refractivity contribution in [3.05, 3.63) is 47.2 Å². The normalized spacial score (nSPS) is 16.1. The monoisotopic (exact) mass is 351 g/mol. The molecule has 4 nitrogen and oxygen atoms in total. The van der Waals surface area contributed by atoms with Gasteiger partial charge in [-0.2, -0.15) is 4.31 Å². The SMILES string of the molecule is Cc1ccc(SCc2ccc(S(=O)(=O)N3CCCC3)o2)cc1C. The Morgan fingerprint density at radius 2 is 1.83 bits per heavy atom. The largest absolute Gasteiger partial charge is 0.447 e. The van der Waals surface area contributed by atoms with Crippen LogP contribution in [0.4, 0.5) is 0 Å². The lowest BCUT2D eigenvalue weighted by Gasteiger charge is -2.12. The molecule has 1 aromatic carbocycles. The average Bonchev–Trinajstić information content (AvgIpc) is 3.20. The molecule has 23 heavy (non-hydrogen) atoms. The van der Waals surface area contributed by atoms with Crippen molar-refractivity contribution in [3.63, 3.8) is 0 Å². The van der Waals surface area contributed by atoms with Crippen molar-refractivity contribution in [2.75, 3.05) is 13.1 Å². The van der Waals surface area contributed by atoms with Gasteiger partial charge in [-0.15, -0.1) is 11.8 Å². The van der Waals surface area contributed by atoms with E-state index >= 15 is 0 Å². The fourth-order valence-corrected chi connectivity index (χ4v) is 4.92. The fourth-order valence-electron chi connectivity index (χ4n) is 2.59. The van der Waals surface area contributed by atoms with E-state index in [0.717, 1.165) is 17.7 Å². The Bertz CT molecular complexity index is 790. The summed E-state index contributed by atoms with van der Waals surface area (Å²) in [7, 11) is -3.46. The second kappa shape index (κ2) is 6.71. The first-order valence-corrected chi connectivity index (χ1v) is 10.2. The minimum Gasteiger partial charge on any atom is -0.447 e. The van der Waals surface area contributed by atoms with Crippen LogP contribution >= 0.6 is 11.8 Å². The Kier molecular flexibility index (Phi) is 4.85. The van der Waals surface area contributed by atoms with Crippen molar-refractivity contribution in [2.45, 2.75) is 42.4 Å². The third-order valence-electron chi connectivity index (χ3n) is 4.16. The van der Waals surface area contributed by atoms with Gasteiger partial charge < -0.3 is 4.42 Å². The first kappa shape index (κ1) is 16.6. The van der Waals surface area contributed by atoms with Gasteiger partial charge in [0.1, 0.15) is 5.76 Å². The first-order valence-electron chi connectivity index (χ1n) is 7.76. The van der Waals surface area contributed by atoms with Gasteiger partial charge in [-0.05, 0) is 62.1 Å². The molecule has 6 heteroatoms. The quantitative estimate of drug-likeness (QED) is 0.765. The van der Waals surface area contributed by atoms with Crippen molar-refractivity contribution in [2.24, 2.45) is 0 Å². The fraction of sp³-hybridized carbons (Fsp3) is 0.412. The van der Waals surface area contributed by atoms with E-state index in [9.17, 15) is 8.42 Å². The third kappa shape index (κ3) is 3.65. The molecular formula is C17H21NO3S2. The molecule has 2 aromatic rings. The number of thioether (sulfide) groups is 1. The van der Waals surface area contributed by atoms with Crippen LogP contribution in [0.3, 0.4) is 0 Å². The lowest BCUT2D eigenvalue weighted by Crippen LogP contribution is -2.27. The molecule has 1 saturated heterocycles. The van der Waals surface area contributed by atoms with Crippen molar-refractivity contribution < 1.29 is 12.8 Å². The highest BCUT2D eigenvalue weighted by atomic mass is 32.2. The molecule has 0 amide bonds. The standard InChI is InChI=1S/C17H21NO3S2/c1-13-5-7-16(11-14(13)2)22-12-15-6-8-17(21-15)23(19,20)18-9-3-4-10-18/h5-8,11H,3-4,9-10,12H2,1-2H3. The zero-order chi connectivity index (χ0) is 16.4. The summed E-state index contributed by atoms with van der Waals surface area (Å²) in [6, 6.07) is 9.66. The number of benzene rings is 1. The summed E-state index contributed by atoms with van der Waals surface area (Å²) in [5.41, 5.74) is 2.53. The molecule has 124 valence electrons. The van der Waals surface area contributed by atoms with Crippen LogP contribution in [0.2, 0.25) is 0 Å². The molecule has 1 aliphatic rings. The topological polar surface area (TPSA) is 50.5 Å². The zero-order valence-corrected chi connectivity index (χ0v) is 15.0. The molecule has 0 aliphatic carbocycles. The number of rotatable bonds is 5. The van der Waals surface area contributed by atoms with Gasteiger partial charge in [0.25, 0.3) is 10.0 Å². The van der Waals surface area contributed by atoms with E-state index < -0.39 is 10.0 Å². The van der Waals surface area contributed by atoms with Crippen molar-refractivity contribution in [1.82, 2.24) is 4.31 Å². The van der Waals surface area contributed by atoms with Gasteiger partial charge in [-0.1, -0.05) is 6.07 Å². The van der Waals surface area contributed by atoms with E-state index in [1.165, 1.54) is 15.4 Å². The van der Waals surface area contributed by atoms with Crippen molar-refractivity contribution in [1.29, 1.82) is 0 Å². The van der Waals surface area contributed by atoms with Gasteiger partial charge in [-0.3, -0.25) is 0 Å². The van der Waals surface area contributed by atoms with Crippen LogP contribution in [-0.2, 0) is 15.8 Å². The Balaban J connectivity index is 1.68. The highest BCUT2D eigenvalue weighted by molar-refractivity contribution is 7.98. The predicted octanol–water partition coefficient (Wildman–Crippen LogP) is 3.97. The molecule has 1 fully saturated rings. The molecule has 0 radical (unpaired) electrons. The molecule has 1 aromatic heterocycles. The summed E-state index contributed by atoms with van der Waals surface area (Å²) in [6.45, 7) is 5.37. The van der Waals surface area contributed by atoms with Crippen molar-refractivity contribution >= 4 is 21.8 Å². The lowest BCUT2D eigenvalue weighted by atomic mass is 10.1. The maximum Gasteiger partial charge on any atom is 0.276 e. The average molecular weight is 351 g/mol. The van der Waals surface area contributed by atoms with E-state index in [1.54, 1.807) is 23.9 Å². The van der Waals surface area contributed by atoms with E-state index in [-0.39, 0.29) is 5.09 Å². The maximum absolute atomic E-state index is 12.4. The van der Waals surface area contributed by atoms with E-state index in [2.05, 4.69) is 32.0 Å². The zero-order valence-electron chi connectivity index (χ0n) is 13.4. The first-order chi connectivity index (χ1) is 11.0. The van der Waals surface area contributed by atoms with Crippen LogP contribution in [0.5, 0.6) is 0 Å². The Labute approximate surface area is 141 Å². The van der Waals surface area contributed by atoms with Crippen LogP contribution in [-0.4, -0.2) is 25.8 Å². The molecule has 0 saturated carbocycles. The Hall–Kier alpha value is -1.24. The maximum atomic E-state index is 12.4. The van der Waals surface area contributed by atoms with E-state index in [1.807, 2.05) is 0 Å². The summed E-state index contributed by atoms with van der Waals surface area (Å²) in [5.74, 6) is 1.31. The predicted molar refractivity (Wildman–Crippen MR) is 92.2 cm³/mol. The molecule has 1 aliphatic heterocycles. The minimum absolute atomic E-state index is 0.0649. The molecule has 3 rings (SSSR count). The number of aryl methyl sites for hydroxylation is 2. The summed E-state index contributed by atoms with van der Waals surface area (Å²) in [5, 5.41) is 0.0649. The minimum atomic E-state index is -3.46. The molecule has 0 unspecified atom stereocenters. The van der Waals surface area contributed by atoms with Gasteiger partial charge in [0.15, 0.2) is 0 Å². The third-order valence-corrected chi connectivity index (χ3v) is 6.94. The van der Waals surface area contributed by atoms with E-state index in [0.29, 0.717) is 24.6 Å². The van der Waals surface area contributed by atoms with Crippen LogP contribution in [0, 0.1) is 13.8 Å². The molecule has 0 bridgehead atoms. The molecule has 0 N–H and O–H groups in total. The van der Waals surface area contributed by atoms with E-state index in [4.69, 9.17) is 4.42 Å². The molecule has 0 spiro atoms. The highest BCUT2D eigenvalue weighted by Gasteiger charge is 2.29. The van der Waals surface area contributed by atoms with Crippen LogP contribution in [0.25, 0.3) is 0 Å². The number of hydrogen-bond acceptors (Lipinski definition) is 4. The van der Waals surface area contributed by atoms with Gasteiger partial charge in [-0.25, -0.2) is 8.42 Å². The van der Waals surface area contributed by atoms with Gasteiger partial charge in [0, 0.05) is 18.0 Å². The summed E-state index contributed by atoms with van der Waals surface area (Å²) in [6.07, 6.45) is 1.85. The Morgan fingerprint density at radius 1 is 1.09 bits per heavy atom. The van der Waals surface area contributed by atoms with Crippen molar-refractivity contribution in [3.8, 4) is 0 Å². The number of nitrogens with zero attached hydrogens (tertiary/aromatic N) is 1. The van der Waals surface area contributed by atoms with Crippen LogP contribution < -0.4 is 0 Å². The second-order valence-electron chi connectivity index (χ2n) is 5.87. The summed E-state index contributed by atoms with van der Waals surface area (Å²) < 4.78 is 32.0. The molecule has 2 heterocycles. The molecule has 0 atom stereocenters. The number of sulfonamides is 1. The van der Waals surface area contributed by atoms with Crippen LogP contribution in [0.1, 0.15) is 29.7 Å². The highest BCUT2D eigenvalue weighted by Crippen LogP contribution is 2.28. The van der Waals surface area contributed by atoms with Gasteiger partial charge in [0.2, 0.25) is 5.09 Å². The smallest absolute Gasteiger partial charge is 0.276 e. The molecular weight excluding hydrogens is 330 g/mol. The Morgan fingerprint density at radius 3 is 2.52 bits per heavy atom. The second-order valence-corrected chi connectivity index (χ2v) is 8.78. The number of hydrogen-bond donors (Lipinski definition) is 0. The lowest BCUT2D eigenvalue weighted by molar-refractivity contribution is 0.397. The van der Waals surface area contributed by atoms with Gasteiger partial charge >= 0.3 is 0 Å². The summed E-state index contributed by atoms with van der Waals surface area (Å²) in [4.78, 5) is 1.16. The van der Waals surface area contributed by atoms with Crippen LogP contribution in [0.15, 0.2) is 44.7 Å². The van der Waals surface area contributed by atoms with Gasteiger partial charge in [0.05, 0.1) is 5.75 Å².